The van der Waals surface area contributed by atoms with Crippen LogP contribution >= 0.6 is 0 Å². The number of fused-ring (bicyclic) bond motifs is 1. The molecule has 0 saturated heterocycles. The number of rotatable bonds is 4. The van der Waals surface area contributed by atoms with Crippen molar-refractivity contribution in [3.63, 3.8) is 0 Å². The Balaban J connectivity index is 1.57. The first-order valence-electron chi connectivity index (χ1n) is 9.15. The lowest BCUT2D eigenvalue weighted by Crippen LogP contribution is -2.38. The molecule has 2 aliphatic rings. The van der Waals surface area contributed by atoms with Crippen LogP contribution in [-0.4, -0.2) is 17.0 Å². The molecular formula is C21H24N4O. The summed E-state index contributed by atoms with van der Waals surface area (Å²) in [6.45, 7) is 0. The molecule has 2 aromatic carbocycles. The van der Waals surface area contributed by atoms with Crippen molar-refractivity contribution in [2.75, 3.05) is 5.32 Å². The number of hydrogen-bond donors (Lipinski definition) is 3. The molecule has 2 aromatic rings. The fourth-order valence-electron chi connectivity index (χ4n) is 3.95. The topological polar surface area (TPSA) is 84.4 Å². The van der Waals surface area contributed by atoms with Crippen LogP contribution in [0.1, 0.15) is 36.8 Å². The van der Waals surface area contributed by atoms with E-state index in [4.69, 9.17) is 11.6 Å². The van der Waals surface area contributed by atoms with Crippen molar-refractivity contribution in [2.45, 2.75) is 38.1 Å². The Bertz CT molecular complexity index is 851. The number of hydrogen-bond acceptors (Lipinski definition) is 4. The number of carbonyl (C=O) groups is 1. The van der Waals surface area contributed by atoms with Gasteiger partial charge in [0.2, 0.25) is 5.91 Å². The van der Waals surface area contributed by atoms with E-state index in [0.717, 1.165) is 46.5 Å². The van der Waals surface area contributed by atoms with Crippen molar-refractivity contribution in [3.05, 3.63) is 59.8 Å². The van der Waals surface area contributed by atoms with Crippen molar-refractivity contribution in [2.24, 2.45) is 11.6 Å². The molecule has 134 valence electrons. The van der Waals surface area contributed by atoms with E-state index >= 15 is 0 Å². The first-order valence-corrected chi connectivity index (χ1v) is 9.15. The van der Waals surface area contributed by atoms with Crippen molar-refractivity contribution >= 4 is 17.3 Å². The van der Waals surface area contributed by atoms with E-state index in [1.165, 1.54) is 12.8 Å². The number of carbonyl (C=O) groups excluding carboxylic acids is 1. The molecule has 0 aromatic heterocycles. The summed E-state index contributed by atoms with van der Waals surface area (Å²) in [6.07, 6.45) is 6.74. The van der Waals surface area contributed by atoms with Crippen molar-refractivity contribution in [1.82, 2.24) is 5.01 Å². The van der Waals surface area contributed by atoms with Crippen LogP contribution in [0.4, 0.5) is 5.69 Å². The van der Waals surface area contributed by atoms with Crippen LogP contribution in [0, 0.1) is 0 Å². The van der Waals surface area contributed by atoms with E-state index in [1.54, 1.807) is 6.20 Å². The average Bonchev–Trinajstić information content (AvgIpc) is 3.31. The Kier molecular flexibility index (Phi) is 4.39. The normalized spacial score (nSPS) is 17.3. The minimum absolute atomic E-state index is 0.0557. The van der Waals surface area contributed by atoms with E-state index < -0.39 is 0 Å². The van der Waals surface area contributed by atoms with Gasteiger partial charge in [-0.2, -0.15) is 0 Å². The van der Waals surface area contributed by atoms with Crippen molar-refractivity contribution in [3.8, 4) is 11.1 Å². The fourth-order valence-corrected chi connectivity index (χ4v) is 3.95. The van der Waals surface area contributed by atoms with Crippen LogP contribution in [0.25, 0.3) is 16.8 Å². The minimum Gasteiger partial charge on any atom is -0.403 e. The summed E-state index contributed by atoms with van der Waals surface area (Å²) in [6, 6.07) is 14.7. The predicted molar refractivity (Wildman–Crippen MR) is 105 cm³/mol. The average molecular weight is 348 g/mol. The molecule has 26 heavy (non-hydrogen) atoms. The summed E-state index contributed by atoms with van der Waals surface area (Å²) >= 11 is 0. The second kappa shape index (κ2) is 6.84. The quantitative estimate of drug-likeness (QED) is 0.585. The second-order valence-corrected chi connectivity index (χ2v) is 7.07. The van der Waals surface area contributed by atoms with E-state index in [2.05, 4.69) is 35.6 Å². The van der Waals surface area contributed by atoms with E-state index in [-0.39, 0.29) is 5.91 Å². The summed E-state index contributed by atoms with van der Waals surface area (Å²) in [5, 5.41) is 4.70. The van der Waals surface area contributed by atoms with Crippen molar-refractivity contribution < 1.29 is 4.79 Å². The molecule has 5 heteroatoms. The van der Waals surface area contributed by atoms with Gasteiger partial charge < -0.3 is 16.1 Å². The van der Waals surface area contributed by atoms with Gasteiger partial charge in [0.1, 0.15) is 0 Å². The summed E-state index contributed by atoms with van der Waals surface area (Å²) in [4.78, 5) is 11.5. The first kappa shape index (κ1) is 16.7. The lowest BCUT2D eigenvalue weighted by Gasteiger charge is -2.28. The largest absolute Gasteiger partial charge is 0.403 e. The molecule has 1 fully saturated rings. The molecule has 1 saturated carbocycles. The molecule has 0 unspecified atom stereocenters. The molecule has 1 aliphatic heterocycles. The monoisotopic (exact) mass is 348 g/mol. The van der Waals surface area contributed by atoms with Gasteiger partial charge in [-0.05, 0) is 41.7 Å². The number of anilines is 1. The number of nitrogens with two attached hydrogens (primary N) is 2. The number of hydrazine groups is 1. The van der Waals surface area contributed by atoms with Crippen LogP contribution in [0.3, 0.4) is 0 Å². The van der Waals surface area contributed by atoms with Crippen LogP contribution in [0.15, 0.2) is 48.7 Å². The molecule has 4 rings (SSSR count). The van der Waals surface area contributed by atoms with Gasteiger partial charge in [-0.1, -0.05) is 43.2 Å². The highest BCUT2D eigenvalue weighted by molar-refractivity contribution is 5.99. The van der Waals surface area contributed by atoms with E-state index in [1.807, 2.05) is 17.1 Å². The van der Waals surface area contributed by atoms with Gasteiger partial charge in [0.15, 0.2) is 0 Å². The van der Waals surface area contributed by atoms with Gasteiger partial charge in [0, 0.05) is 23.5 Å². The molecule has 0 radical (unpaired) electrons. The summed E-state index contributed by atoms with van der Waals surface area (Å²) in [7, 11) is 0. The zero-order chi connectivity index (χ0) is 18.1. The molecule has 1 heterocycles. The molecule has 0 bridgehead atoms. The third-order valence-electron chi connectivity index (χ3n) is 5.40. The minimum atomic E-state index is 0.0557. The number of amides is 1. The summed E-state index contributed by atoms with van der Waals surface area (Å²) in [5.41, 5.74) is 11.9. The maximum atomic E-state index is 11.5. The molecule has 5 nitrogen and oxygen atoms in total. The number of nitrogens with zero attached hydrogens (tertiary/aromatic N) is 1. The van der Waals surface area contributed by atoms with Gasteiger partial charge in [0.25, 0.3) is 0 Å². The Morgan fingerprint density at radius 2 is 1.77 bits per heavy atom. The van der Waals surface area contributed by atoms with E-state index in [9.17, 15) is 4.79 Å². The van der Waals surface area contributed by atoms with Gasteiger partial charge in [-0.25, -0.2) is 5.84 Å². The third kappa shape index (κ3) is 3.06. The lowest BCUT2D eigenvalue weighted by atomic mass is 9.99. The zero-order valence-corrected chi connectivity index (χ0v) is 14.7. The molecule has 5 N–H and O–H groups in total. The highest BCUT2D eigenvalue weighted by Gasteiger charge is 2.23. The van der Waals surface area contributed by atoms with Crippen LogP contribution in [-0.2, 0) is 11.2 Å². The first-order chi connectivity index (χ1) is 12.7. The number of nitrogens with one attached hydrogen (secondary N) is 1. The standard InChI is InChI=1S/C21H24N4O/c22-13-20(25(23)18-3-1-2-4-18)15-7-5-14(6-8-15)16-9-10-19-17(11-16)12-21(26)24-19/h5-11,13,18H,1-4,12,22-23H2,(H,24,26)/b20-13-. The van der Waals surface area contributed by atoms with Gasteiger partial charge in [-0.3, -0.25) is 4.79 Å². The fraction of sp³-hybridized carbons (Fsp3) is 0.286. The van der Waals surface area contributed by atoms with E-state index in [0.29, 0.717) is 12.5 Å². The van der Waals surface area contributed by atoms with Crippen molar-refractivity contribution in [1.29, 1.82) is 0 Å². The van der Waals surface area contributed by atoms with Gasteiger partial charge in [-0.15, -0.1) is 0 Å². The Morgan fingerprint density at radius 1 is 1.08 bits per heavy atom. The maximum absolute atomic E-state index is 11.5. The van der Waals surface area contributed by atoms with Crippen LogP contribution in [0.2, 0.25) is 0 Å². The molecule has 1 amide bonds. The zero-order valence-electron chi connectivity index (χ0n) is 14.7. The number of benzene rings is 2. The van der Waals surface area contributed by atoms with Gasteiger partial charge >= 0.3 is 0 Å². The maximum Gasteiger partial charge on any atom is 0.228 e. The third-order valence-corrected chi connectivity index (χ3v) is 5.40. The molecule has 0 atom stereocenters. The molecular weight excluding hydrogens is 324 g/mol. The second-order valence-electron chi connectivity index (χ2n) is 7.07. The Labute approximate surface area is 153 Å². The highest BCUT2D eigenvalue weighted by Crippen LogP contribution is 2.31. The molecule has 0 spiro atoms. The van der Waals surface area contributed by atoms with Crippen LogP contribution < -0.4 is 16.9 Å². The summed E-state index contributed by atoms with van der Waals surface area (Å²) in [5.74, 6) is 6.39. The Hall–Kier alpha value is -2.79. The van der Waals surface area contributed by atoms with Gasteiger partial charge in [0.05, 0.1) is 12.1 Å². The smallest absolute Gasteiger partial charge is 0.228 e. The summed E-state index contributed by atoms with van der Waals surface area (Å²) < 4.78 is 0. The Morgan fingerprint density at radius 3 is 2.46 bits per heavy atom. The predicted octanol–water partition coefficient (Wildman–Crippen LogP) is 3.22. The molecule has 1 aliphatic carbocycles. The SMILES string of the molecule is N/C=C(/c1ccc(-c2ccc3c(c2)CC(=O)N3)cc1)N(N)C1CCCC1. The lowest BCUT2D eigenvalue weighted by molar-refractivity contribution is -0.115. The highest BCUT2D eigenvalue weighted by atomic mass is 16.1. The van der Waals surface area contributed by atoms with Crippen LogP contribution in [0.5, 0.6) is 0 Å².